The largest absolute Gasteiger partial charge is 0.452 e. The smallest absolute Gasteiger partial charge is 0.359 e. The normalized spacial score (nSPS) is 17.9. The van der Waals surface area contributed by atoms with Gasteiger partial charge in [-0.2, -0.15) is 22.5 Å². The predicted molar refractivity (Wildman–Crippen MR) is 62.7 cm³/mol. The molecule has 0 spiro atoms. The van der Waals surface area contributed by atoms with Gasteiger partial charge in [-0.15, -0.1) is 0 Å². The molecule has 2 heterocycles. The third kappa shape index (κ3) is 3.79. The highest BCUT2D eigenvalue weighted by atomic mass is 32.1. The standard InChI is InChI=1S/C9H14F3N5S/c10-9(11,12)7-15-8(18-16-7)14-3-6-17-4-1-13-2-5-17/h13H,1-6H2,(H,14,15,16). The maximum atomic E-state index is 12.3. The number of halogens is 3. The third-order valence-corrected chi connectivity index (χ3v) is 3.27. The molecule has 0 aliphatic carbocycles. The van der Waals surface area contributed by atoms with Gasteiger partial charge in [0.25, 0.3) is 0 Å². The summed E-state index contributed by atoms with van der Waals surface area (Å²) >= 11 is 0.740. The molecule has 1 aliphatic heterocycles. The molecular weight excluding hydrogens is 267 g/mol. The van der Waals surface area contributed by atoms with E-state index < -0.39 is 12.0 Å². The lowest BCUT2D eigenvalue weighted by Gasteiger charge is -2.26. The highest BCUT2D eigenvalue weighted by molar-refractivity contribution is 7.09. The SMILES string of the molecule is FC(F)(F)c1nsc(NCCN2CCNCC2)n1. The molecule has 0 atom stereocenters. The van der Waals surface area contributed by atoms with Crippen molar-refractivity contribution in [2.45, 2.75) is 6.18 Å². The minimum Gasteiger partial charge on any atom is -0.359 e. The molecule has 2 rings (SSSR count). The van der Waals surface area contributed by atoms with Gasteiger partial charge in [-0.1, -0.05) is 0 Å². The van der Waals surface area contributed by atoms with E-state index in [1.54, 1.807) is 0 Å². The van der Waals surface area contributed by atoms with Crippen LogP contribution in [-0.4, -0.2) is 53.5 Å². The number of aromatic nitrogens is 2. The minimum absolute atomic E-state index is 0.220. The van der Waals surface area contributed by atoms with Crippen LogP contribution in [0.1, 0.15) is 5.82 Å². The maximum Gasteiger partial charge on any atom is 0.452 e. The number of hydrogen-bond acceptors (Lipinski definition) is 6. The van der Waals surface area contributed by atoms with Gasteiger partial charge in [0.1, 0.15) is 0 Å². The fourth-order valence-corrected chi connectivity index (χ4v) is 2.28. The molecule has 9 heteroatoms. The van der Waals surface area contributed by atoms with Gasteiger partial charge in [-0.05, 0) is 0 Å². The van der Waals surface area contributed by atoms with Gasteiger partial charge in [0, 0.05) is 50.8 Å². The molecule has 0 aromatic carbocycles. The van der Waals surface area contributed by atoms with E-state index in [1.807, 2.05) is 0 Å². The van der Waals surface area contributed by atoms with Crippen molar-refractivity contribution in [1.29, 1.82) is 0 Å². The number of nitrogens with zero attached hydrogens (tertiary/aromatic N) is 3. The van der Waals surface area contributed by atoms with Crippen molar-refractivity contribution in [2.75, 3.05) is 44.6 Å². The van der Waals surface area contributed by atoms with Gasteiger partial charge < -0.3 is 10.6 Å². The highest BCUT2D eigenvalue weighted by Gasteiger charge is 2.36. The van der Waals surface area contributed by atoms with Crippen LogP contribution in [0.5, 0.6) is 0 Å². The van der Waals surface area contributed by atoms with Gasteiger partial charge in [0.15, 0.2) is 0 Å². The number of hydrogen-bond donors (Lipinski definition) is 2. The molecule has 1 aliphatic rings. The van der Waals surface area contributed by atoms with Crippen molar-refractivity contribution in [1.82, 2.24) is 19.6 Å². The van der Waals surface area contributed by atoms with E-state index in [9.17, 15) is 13.2 Å². The van der Waals surface area contributed by atoms with Crippen LogP contribution in [-0.2, 0) is 6.18 Å². The lowest BCUT2D eigenvalue weighted by Crippen LogP contribution is -2.45. The van der Waals surface area contributed by atoms with Crippen LogP contribution in [0.4, 0.5) is 18.3 Å². The molecule has 18 heavy (non-hydrogen) atoms. The van der Waals surface area contributed by atoms with Crippen molar-refractivity contribution in [3.63, 3.8) is 0 Å². The number of anilines is 1. The molecule has 1 saturated heterocycles. The molecule has 1 aromatic rings. The fraction of sp³-hybridized carbons (Fsp3) is 0.778. The molecule has 0 unspecified atom stereocenters. The Labute approximate surface area is 107 Å². The summed E-state index contributed by atoms with van der Waals surface area (Å²) in [6, 6.07) is 0. The first-order valence-corrected chi connectivity index (χ1v) is 6.41. The van der Waals surface area contributed by atoms with E-state index in [-0.39, 0.29) is 5.13 Å². The Morgan fingerprint density at radius 1 is 1.33 bits per heavy atom. The first-order valence-electron chi connectivity index (χ1n) is 5.63. The molecule has 5 nitrogen and oxygen atoms in total. The Morgan fingerprint density at radius 3 is 2.67 bits per heavy atom. The van der Waals surface area contributed by atoms with E-state index in [1.165, 1.54) is 0 Å². The molecule has 0 radical (unpaired) electrons. The number of rotatable bonds is 4. The second-order valence-corrected chi connectivity index (χ2v) is 4.69. The molecule has 1 fully saturated rings. The highest BCUT2D eigenvalue weighted by Crippen LogP contribution is 2.28. The van der Waals surface area contributed by atoms with E-state index in [0.29, 0.717) is 6.54 Å². The van der Waals surface area contributed by atoms with Crippen molar-refractivity contribution < 1.29 is 13.2 Å². The lowest BCUT2D eigenvalue weighted by molar-refractivity contribution is -0.144. The number of piperazine rings is 1. The molecular formula is C9H14F3N5S. The van der Waals surface area contributed by atoms with Gasteiger partial charge in [-0.25, -0.2) is 0 Å². The first-order chi connectivity index (χ1) is 8.55. The zero-order valence-electron chi connectivity index (χ0n) is 9.63. The zero-order chi connectivity index (χ0) is 13.0. The fourth-order valence-electron chi connectivity index (χ4n) is 1.67. The molecule has 0 amide bonds. The van der Waals surface area contributed by atoms with Crippen LogP contribution >= 0.6 is 11.5 Å². The van der Waals surface area contributed by atoms with Crippen LogP contribution < -0.4 is 10.6 Å². The Bertz CT molecular complexity index is 375. The summed E-state index contributed by atoms with van der Waals surface area (Å²) in [6.07, 6.45) is -4.46. The summed E-state index contributed by atoms with van der Waals surface area (Å²) < 4.78 is 40.0. The Morgan fingerprint density at radius 2 is 2.06 bits per heavy atom. The molecule has 0 bridgehead atoms. The lowest BCUT2D eigenvalue weighted by atomic mass is 10.3. The molecule has 1 aromatic heterocycles. The van der Waals surface area contributed by atoms with Gasteiger partial charge in [0.2, 0.25) is 11.0 Å². The minimum atomic E-state index is -4.46. The Hall–Kier alpha value is -0.930. The van der Waals surface area contributed by atoms with Gasteiger partial charge >= 0.3 is 6.18 Å². The van der Waals surface area contributed by atoms with Crippen molar-refractivity contribution in [3.05, 3.63) is 5.82 Å². The Kier molecular flexibility index (Phi) is 4.36. The van der Waals surface area contributed by atoms with Crippen LogP contribution in [0.25, 0.3) is 0 Å². The quantitative estimate of drug-likeness (QED) is 0.858. The topological polar surface area (TPSA) is 53.1 Å². The Balaban J connectivity index is 1.74. The van der Waals surface area contributed by atoms with Crippen LogP contribution in [0.15, 0.2) is 0 Å². The monoisotopic (exact) mass is 281 g/mol. The zero-order valence-corrected chi connectivity index (χ0v) is 10.4. The summed E-state index contributed by atoms with van der Waals surface area (Å²) in [6.45, 7) is 5.21. The van der Waals surface area contributed by atoms with Crippen LogP contribution in [0.3, 0.4) is 0 Å². The average molecular weight is 281 g/mol. The first kappa shape index (κ1) is 13.5. The van der Waals surface area contributed by atoms with Crippen LogP contribution in [0.2, 0.25) is 0 Å². The summed E-state index contributed by atoms with van der Waals surface area (Å²) in [5.74, 6) is -1.07. The molecule has 0 saturated carbocycles. The van der Waals surface area contributed by atoms with Crippen LogP contribution in [0, 0.1) is 0 Å². The molecule has 2 N–H and O–H groups in total. The summed E-state index contributed by atoms with van der Waals surface area (Å²) in [7, 11) is 0. The van der Waals surface area contributed by atoms with E-state index in [2.05, 4.69) is 24.9 Å². The van der Waals surface area contributed by atoms with Crippen molar-refractivity contribution in [3.8, 4) is 0 Å². The van der Waals surface area contributed by atoms with E-state index in [4.69, 9.17) is 0 Å². The number of nitrogens with one attached hydrogen (secondary N) is 2. The van der Waals surface area contributed by atoms with E-state index >= 15 is 0 Å². The molecule has 102 valence electrons. The van der Waals surface area contributed by atoms with Crippen molar-refractivity contribution >= 4 is 16.7 Å². The summed E-state index contributed by atoms with van der Waals surface area (Å²) in [4.78, 5) is 5.65. The van der Waals surface area contributed by atoms with Gasteiger partial charge in [-0.3, -0.25) is 4.90 Å². The van der Waals surface area contributed by atoms with E-state index in [0.717, 1.165) is 44.3 Å². The van der Waals surface area contributed by atoms with Crippen molar-refractivity contribution in [2.24, 2.45) is 0 Å². The number of alkyl halides is 3. The average Bonchev–Trinajstić information content (AvgIpc) is 2.79. The second-order valence-electron chi connectivity index (χ2n) is 3.94. The summed E-state index contributed by atoms with van der Waals surface area (Å²) in [5, 5.41) is 6.32. The second kappa shape index (κ2) is 5.81. The predicted octanol–water partition coefficient (Wildman–Crippen LogP) is 0.874. The third-order valence-electron chi connectivity index (χ3n) is 2.59. The van der Waals surface area contributed by atoms with Gasteiger partial charge in [0.05, 0.1) is 0 Å². The summed E-state index contributed by atoms with van der Waals surface area (Å²) in [5.41, 5.74) is 0. The maximum absolute atomic E-state index is 12.3.